The Hall–Kier alpha value is -0.280. The molecular formula is C13H17Cl2NO. The first-order valence-electron chi connectivity index (χ1n) is 5.85. The first-order valence-corrected chi connectivity index (χ1v) is 6.60. The standard InChI is InChI=1S/C13H17Cl2NO/c1-13(17)4-6-16(7-5-13)9-10-8-11(14)2-3-12(10)15/h2-3,8,17H,4-7,9H2,1H3. The Bertz CT molecular complexity index is 396. The fraction of sp³-hybridized carbons (Fsp3) is 0.538. The molecule has 4 heteroatoms. The minimum atomic E-state index is -0.505. The van der Waals surface area contributed by atoms with Crippen molar-refractivity contribution >= 4 is 23.2 Å². The van der Waals surface area contributed by atoms with Crippen molar-refractivity contribution in [1.29, 1.82) is 0 Å². The van der Waals surface area contributed by atoms with Crippen molar-refractivity contribution in [3.63, 3.8) is 0 Å². The van der Waals surface area contributed by atoms with Gasteiger partial charge in [-0.2, -0.15) is 0 Å². The number of rotatable bonds is 2. The van der Waals surface area contributed by atoms with Crippen molar-refractivity contribution in [3.05, 3.63) is 33.8 Å². The Balaban J connectivity index is 2.00. The van der Waals surface area contributed by atoms with Gasteiger partial charge in [-0.05, 0) is 43.5 Å². The molecule has 0 bridgehead atoms. The van der Waals surface area contributed by atoms with Gasteiger partial charge < -0.3 is 5.11 Å². The summed E-state index contributed by atoms with van der Waals surface area (Å²) in [6, 6.07) is 5.55. The van der Waals surface area contributed by atoms with Crippen LogP contribution < -0.4 is 0 Å². The van der Waals surface area contributed by atoms with Gasteiger partial charge in [-0.15, -0.1) is 0 Å². The Morgan fingerprint density at radius 1 is 1.29 bits per heavy atom. The van der Waals surface area contributed by atoms with Crippen LogP contribution in [0, 0.1) is 0 Å². The van der Waals surface area contributed by atoms with Crippen LogP contribution in [0.1, 0.15) is 25.3 Å². The van der Waals surface area contributed by atoms with Gasteiger partial charge in [-0.25, -0.2) is 0 Å². The number of aliphatic hydroxyl groups is 1. The predicted octanol–water partition coefficient (Wildman–Crippen LogP) is 3.34. The number of likely N-dealkylation sites (tertiary alicyclic amines) is 1. The van der Waals surface area contributed by atoms with E-state index < -0.39 is 5.60 Å². The van der Waals surface area contributed by atoms with Crippen molar-refractivity contribution in [3.8, 4) is 0 Å². The molecule has 1 aliphatic rings. The highest BCUT2D eigenvalue weighted by atomic mass is 35.5. The van der Waals surface area contributed by atoms with Crippen LogP contribution in [0.5, 0.6) is 0 Å². The number of benzene rings is 1. The van der Waals surface area contributed by atoms with Gasteiger partial charge in [0.1, 0.15) is 0 Å². The molecule has 0 amide bonds. The number of hydrogen-bond acceptors (Lipinski definition) is 2. The van der Waals surface area contributed by atoms with Gasteiger partial charge in [0, 0.05) is 29.7 Å². The Kier molecular flexibility index (Phi) is 3.99. The third-order valence-electron chi connectivity index (χ3n) is 3.33. The quantitative estimate of drug-likeness (QED) is 0.894. The number of piperidine rings is 1. The van der Waals surface area contributed by atoms with Crippen LogP contribution in [0.4, 0.5) is 0 Å². The second-order valence-electron chi connectivity index (χ2n) is 5.01. The highest BCUT2D eigenvalue weighted by Gasteiger charge is 2.27. The summed E-state index contributed by atoms with van der Waals surface area (Å²) in [5.41, 5.74) is 0.551. The highest BCUT2D eigenvalue weighted by Crippen LogP contribution is 2.26. The molecule has 0 aliphatic carbocycles. The maximum Gasteiger partial charge on any atom is 0.0644 e. The lowest BCUT2D eigenvalue weighted by Gasteiger charge is -2.35. The van der Waals surface area contributed by atoms with E-state index in [1.807, 2.05) is 19.1 Å². The molecule has 0 radical (unpaired) electrons. The van der Waals surface area contributed by atoms with E-state index in [0.717, 1.165) is 43.1 Å². The van der Waals surface area contributed by atoms with Crippen molar-refractivity contribution < 1.29 is 5.11 Å². The Labute approximate surface area is 112 Å². The molecule has 2 nitrogen and oxygen atoms in total. The zero-order valence-corrected chi connectivity index (χ0v) is 11.4. The van der Waals surface area contributed by atoms with E-state index in [-0.39, 0.29) is 0 Å². The molecule has 0 aromatic heterocycles. The van der Waals surface area contributed by atoms with Gasteiger partial charge >= 0.3 is 0 Å². The first-order chi connectivity index (χ1) is 7.96. The monoisotopic (exact) mass is 273 g/mol. The number of nitrogens with zero attached hydrogens (tertiary/aromatic N) is 1. The fourth-order valence-corrected chi connectivity index (χ4v) is 2.47. The smallest absolute Gasteiger partial charge is 0.0644 e. The molecule has 1 heterocycles. The second-order valence-corrected chi connectivity index (χ2v) is 5.85. The third kappa shape index (κ3) is 3.59. The maximum atomic E-state index is 9.88. The lowest BCUT2D eigenvalue weighted by molar-refractivity contribution is -0.00729. The minimum Gasteiger partial charge on any atom is -0.390 e. The van der Waals surface area contributed by atoms with Gasteiger partial charge in [0.15, 0.2) is 0 Å². The van der Waals surface area contributed by atoms with Gasteiger partial charge in [0.2, 0.25) is 0 Å². The van der Waals surface area contributed by atoms with E-state index in [0.29, 0.717) is 5.02 Å². The summed E-state index contributed by atoms with van der Waals surface area (Å²) in [5, 5.41) is 11.4. The van der Waals surface area contributed by atoms with E-state index >= 15 is 0 Å². The number of halogens is 2. The van der Waals surface area contributed by atoms with Gasteiger partial charge in [0.25, 0.3) is 0 Å². The molecule has 0 saturated carbocycles. The molecule has 0 spiro atoms. The van der Waals surface area contributed by atoms with Crippen LogP contribution in [0.3, 0.4) is 0 Å². The Morgan fingerprint density at radius 3 is 2.59 bits per heavy atom. The molecule has 1 aromatic rings. The van der Waals surface area contributed by atoms with Crippen molar-refractivity contribution in [2.45, 2.75) is 31.9 Å². The van der Waals surface area contributed by atoms with E-state index in [1.165, 1.54) is 0 Å². The van der Waals surface area contributed by atoms with Crippen LogP contribution in [0.25, 0.3) is 0 Å². The molecule has 94 valence electrons. The molecule has 1 fully saturated rings. The molecule has 17 heavy (non-hydrogen) atoms. The van der Waals surface area contributed by atoms with Crippen LogP contribution in [0.2, 0.25) is 10.0 Å². The fourth-order valence-electron chi connectivity index (χ4n) is 2.10. The third-order valence-corrected chi connectivity index (χ3v) is 3.94. The molecule has 2 rings (SSSR count). The molecule has 0 atom stereocenters. The summed E-state index contributed by atoms with van der Waals surface area (Å²) >= 11 is 12.1. The molecule has 1 aliphatic heterocycles. The van der Waals surface area contributed by atoms with Gasteiger partial charge in [0.05, 0.1) is 5.60 Å². The average molecular weight is 274 g/mol. The molecule has 1 N–H and O–H groups in total. The van der Waals surface area contributed by atoms with E-state index in [2.05, 4.69) is 4.90 Å². The lowest BCUT2D eigenvalue weighted by atomic mass is 9.93. The molecular weight excluding hydrogens is 257 g/mol. The van der Waals surface area contributed by atoms with Crippen LogP contribution in [0.15, 0.2) is 18.2 Å². The summed E-state index contributed by atoms with van der Waals surface area (Å²) in [6.07, 6.45) is 1.62. The summed E-state index contributed by atoms with van der Waals surface area (Å²) < 4.78 is 0. The summed E-state index contributed by atoms with van der Waals surface area (Å²) in [4.78, 5) is 2.30. The molecule has 1 saturated heterocycles. The van der Waals surface area contributed by atoms with Crippen molar-refractivity contribution in [2.24, 2.45) is 0 Å². The Morgan fingerprint density at radius 2 is 1.94 bits per heavy atom. The second kappa shape index (κ2) is 5.15. The largest absolute Gasteiger partial charge is 0.390 e. The maximum absolute atomic E-state index is 9.88. The van der Waals surface area contributed by atoms with Crippen molar-refractivity contribution in [2.75, 3.05) is 13.1 Å². The summed E-state index contributed by atoms with van der Waals surface area (Å²) in [5.74, 6) is 0. The van der Waals surface area contributed by atoms with Gasteiger partial charge in [-0.1, -0.05) is 23.2 Å². The van der Waals surface area contributed by atoms with E-state index in [1.54, 1.807) is 6.07 Å². The summed E-state index contributed by atoms with van der Waals surface area (Å²) in [6.45, 7) is 4.50. The number of hydrogen-bond donors (Lipinski definition) is 1. The normalized spacial score (nSPS) is 20.5. The minimum absolute atomic E-state index is 0.505. The van der Waals surface area contributed by atoms with E-state index in [9.17, 15) is 5.11 Å². The zero-order valence-electron chi connectivity index (χ0n) is 9.92. The summed E-state index contributed by atoms with van der Waals surface area (Å²) in [7, 11) is 0. The SMILES string of the molecule is CC1(O)CCN(Cc2cc(Cl)ccc2Cl)CC1. The van der Waals surface area contributed by atoms with Crippen LogP contribution in [-0.4, -0.2) is 28.7 Å². The molecule has 1 aromatic carbocycles. The van der Waals surface area contributed by atoms with E-state index in [4.69, 9.17) is 23.2 Å². The lowest BCUT2D eigenvalue weighted by Crippen LogP contribution is -2.41. The van der Waals surface area contributed by atoms with Crippen LogP contribution in [-0.2, 0) is 6.54 Å². The van der Waals surface area contributed by atoms with Crippen molar-refractivity contribution in [1.82, 2.24) is 4.90 Å². The zero-order chi connectivity index (χ0) is 12.5. The topological polar surface area (TPSA) is 23.5 Å². The van der Waals surface area contributed by atoms with Gasteiger partial charge in [-0.3, -0.25) is 4.90 Å². The molecule has 0 unspecified atom stereocenters. The predicted molar refractivity (Wildman–Crippen MR) is 71.6 cm³/mol. The van der Waals surface area contributed by atoms with Crippen LogP contribution >= 0.6 is 23.2 Å². The first kappa shape index (κ1) is 13.2. The highest BCUT2D eigenvalue weighted by molar-refractivity contribution is 6.33. The average Bonchev–Trinajstić information content (AvgIpc) is 2.26.